The molecule has 1 heterocycles. The second-order valence-corrected chi connectivity index (χ2v) is 6.83. The van der Waals surface area contributed by atoms with E-state index in [2.05, 4.69) is 15.2 Å². The summed E-state index contributed by atoms with van der Waals surface area (Å²) in [6.45, 7) is 2.93. The topological polar surface area (TPSA) is 67.2 Å². The molecule has 1 rings (SSSR count). The van der Waals surface area contributed by atoms with Gasteiger partial charge in [0, 0.05) is 45.3 Å². The Kier molecular flexibility index (Phi) is 5.77. The number of nitrogens with zero attached hydrogens (tertiary/aromatic N) is 3. The van der Waals surface area contributed by atoms with Gasteiger partial charge in [0.1, 0.15) is 15.7 Å². The lowest BCUT2D eigenvalue weighted by atomic mass is 10.4. The average molecular weight is 274 g/mol. The van der Waals surface area contributed by atoms with E-state index in [9.17, 15) is 8.42 Å². The van der Waals surface area contributed by atoms with Gasteiger partial charge in [-0.2, -0.15) is 0 Å². The van der Waals surface area contributed by atoms with E-state index in [1.165, 1.54) is 6.26 Å². The molecule has 0 saturated carbocycles. The van der Waals surface area contributed by atoms with Crippen LogP contribution in [0.4, 0.5) is 0 Å². The van der Waals surface area contributed by atoms with E-state index < -0.39 is 9.84 Å². The van der Waals surface area contributed by atoms with Crippen LogP contribution in [0, 0.1) is 0 Å². The zero-order valence-corrected chi connectivity index (χ0v) is 12.1. The summed E-state index contributed by atoms with van der Waals surface area (Å²) in [5.74, 6) is 1.21. The van der Waals surface area contributed by atoms with Crippen molar-refractivity contribution >= 4 is 9.84 Å². The largest absolute Gasteiger partial charge is 0.337 e. The third kappa shape index (κ3) is 6.13. The van der Waals surface area contributed by atoms with Gasteiger partial charge in [-0.05, 0) is 7.05 Å². The van der Waals surface area contributed by atoms with Gasteiger partial charge in [-0.15, -0.1) is 0 Å². The molecule has 104 valence electrons. The molecular formula is C11H22N4O2S. The Labute approximate surface area is 109 Å². The van der Waals surface area contributed by atoms with Crippen LogP contribution >= 0.6 is 0 Å². The van der Waals surface area contributed by atoms with Gasteiger partial charge in [0.15, 0.2) is 0 Å². The van der Waals surface area contributed by atoms with Gasteiger partial charge >= 0.3 is 0 Å². The van der Waals surface area contributed by atoms with Gasteiger partial charge < -0.3 is 9.88 Å². The first kappa shape index (κ1) is 15.1. The zero-order chi connectivity index (χ0) is 13.6. The monoisotopic (exact) mass is 274 g/mol. The first-order valence-electron chi connectivity index (χ1n) is 5.91. The van der Waals surface area contributed by atoms with E-state index in [1.54, 1.807) is 6.20 Å². The highest BCUT2D eigenvalue weighted by Gasteiger charge is 2.04. The van der Waals surface area contributed by atoms with Crippen LogP contribution in [0.1, 0.15) is 5.82 Å². The Balaban J connectivity index is 2.14. The fraction of sp³-hybridized carbons (Fsp3) is 0.727. The molecule has 7 heteroatoms. The summed E-state index contributed by atoms with van der Waals surface area (Å²) in [5.41, 5.74) is 0. The highest BCUT2D eigenvalue weighted by molar-refractivity contribution is 7.90. The van der Waals surface area contributed by atoms with Crippen molar-refractivity contribution in [2.45, 2.75) is 6.54 Å². The molecule has 0 fully saturated rings. The summed E-state index contributed by atoms with van der Waals surface area (Å²) in [6, 6.07) is 0. The Morgan fingerprint density at radius 3 is 2.72 bits per heavy atom. The molecule has 0 atom stereocenters. The molecule has 0 aliphatic carbocycles. The normalized spacial score (nSPS) is 12.2. The fourth-order valence-electron chi connectivity index (χ4n) is 1.52. The first-order chi connectivity index (χ1) is 8.38. The number of rotatable bonds is 8. The second-order valence-electron chi connectivity index (χ2n) is 4.57. The molecule has 1 aromatic rings. The summed E-state index contributed by atoms with van der Waals surface area (Å²) < 4.78 is 23.8. The molecule has 0 bridgehead atoms. The summed E-state index contributed by atoms with van der Waals surface area (Å²) in [5, 5.41) is 3.12. The molecule has 0 aliphatic heterocycles. The maximum atomic E-state index is 10.9. The Morgan fingerprint density at radius 1 is 1.44 bits per heavy atom. The Bertz CT molecular complexity index is 455. The summed E-state index contributed by atoms with van der Waals surface area (Å²) in [7, 11) is 1.13. The molecule has 0 spiro atoms. The van der Waals surface area contributed by atoms with Crippen molar-refractivity contribution in [3.05, 3.63) is 18.2 Å². The standard InChI is InChI=1S/C11H22N4O2S/c1-14(10-11-13-5-8-15(11)2)7-4-12-6-9-18(3,16)17/h5,8,12H,4,6-7,9-10H2,1-3H3. The predicted molar refractivity (Wildman–Crippen MR) is 72.1 cm³/mol. The van der Waals surface area contributed by atoms with Gasteiger partial charge in [-0.1, -0.05) is 0 Å². The van der Waals surface area contributed by atoms with Crippen molar-refractivity contribution in [3.8, 4) is 0 Å². The maximum absolute atomic E-state index is 10.9. The third-order valence-electron chi connectivity index (χ3n) is 2.65. The van der Waals surface area contributed by atoms with Gasteiger partial charge in [0.05, 0.1) is 12.3 Å². The SMILES string of the molecule is CN(CCNCCS(C)(=O)=O)Cc1nccn1C. The van der Waals surface area contributed by atoms with Gasteiger partial charge in [-0.3, -0.25) is 4.90 Å². The maximum Gasteiger partial charge on any atom is 0.148 e. The molecule has 18 heavy (non-hydrogen) atoms. The molecule has 0 amide bonds. The molecule has 0 aromatic carbocycles. The van der Waals surface area contributed by atoms with Crippen molar-refractivity contribution in [2.75, 3.05) is 38.7 Å². The molecule has 1 N–H and O–H groups in total. The molecule has 0 aliphatic rings. The van der Waals surface area contributed by atoms with Crippen LogP contribution in [0.5, 0.6) is 0 Å². The van der Waals surface area contributed by atoms with E-state index in [4.69, 9.17) is 0 Å². The van der Waals surface area contributed by atoms with Crippen LogP contribution < -0.4 is 5.32 Å². The quantitative estimate of drug-likeness (QED) is 0.647. The summed E-state index contributed by atoms with van der Waals surface area (Å²) in [6.07, 6.45) is 4.96. The van der Waals surface area contributed by atoms with Crippen molar-refractivity contribution in [1.82, 2.24) is 19.8 Å². The number of imidazole rings is 1. The number of nitrogens with one attached hydrogen (secondary N) is 1. The predicted octanol–water partition coefficient (Wildman–Crippen LogP) is -0.514. The minimum absolute atomic E-state index is 0.191. The summed E-state index contributed by atoms with van der Waals surface area (Å²) in [4.78, 5) is 6.40. The van der Waals surface area contributed by atoms with E-state index in [1.807, 2.05) is 24.9 Å². The van der Waals surface area contributed by atoms with Crippen molar-refractivity contribution < 1.29 is 8.42 Å². The van der Waals surface area contributed by atoms with E-state index >= 15 is 0 Å². The van der Waals surface area contributed by atoms with Crippen molar-refractivity contribution in [3.63, 3.8) is 0 Å². The Hall–Kier alpha value is -0.920. The van der Waals surface area contributed by atoms with Gasteiger partial charge in [0.2, 0.25) is 0 Å². The van der Waals surface area contributed by atoms with Crippen LogP contribution in [0.15, 0.2) is 12.4 Å². The van der Waals surface area contributed by atoms with E-state index in [0.29, 0.717) is 6.54 Å². The number of aryl methyl sites for hydroxylation is 1. The minimum atomic E-state index is -2.86. The second kappa shape index (κ2) is 6.86. The Morgan fingerprint density at radius 2 is 2.17 bits per heavy atom. The fourth-order valence-corrected chi connectivity index (χ4v) is 2.04. The minimum Gasteiger partial charge on any atom is -0.337 e. The molecule has 1 aromatic heterocycles. The molecule has 6 nitrogen and oxygen atoms in total. The highest BCUT2D eigenvalue weighted by atomic mass is 32.2. The highest BCUT2D eigenvalue weighted by Crippen LogP contribution is 1.98. The number of aromatic nitrogens is 2. The lowest BCUT2D eigenvalue weighted by Crippen LogP contribution is -2.32. The van der Waals surface area contributed by atoms with Crippen LogP contribution in [0.25, 0.3) is 0 Å². The number of sulfone groups is 1. The van der Waals surface area contributed by atoms with E-state index in [0.717, 1.165) is 25.5 Å². The lowest BCUT2D eigenvalue weighted by molar-refractivity contribution is 0.314. The summed E-state index contributed by atoms with van der Waals surface area (Å²) >= 11 is 0. The first-order valence-corrected chi connectivity index (χ1v) is 7.98. The van der Waals surface area contributed by atoms with Crippen LogP contribution in [0.2, 0.25) is 0 Å². The number of hydrogen-bond acceptors (Lipinski definition) is 5. The third-order valence-corrected chi connectivity index (χ3v) is 3.60. The molecule has 0 radical (unpaired) electrons. The van der Waals surface area contributed by atoms with Crippen LogP contribution in [-0.4, -0.2) is 61.6 Å². The van der Waals surface area contributed by atoms with Gasteiger partial charge in [0.25, 0.3) is 0 Å². The van der Waals surface area contributed by atoms with Crippen LogP contribution in [0.3, 0.4) is 0 Å². The molecule has 0 unspecified atom stereocenters. The number of hydrogen-bond donors (Lipinski definition) is 1. The van der Waals surface area contributed by atoms with Gasteiger partial charge in [-0.25, -0.2) is 13.4 Å². The molecular weight excluding hydrogens is 252 g/mol. The van der Waals surface area contributed by atoms with Crippen molar-refractivity contribution in [2.24, 2.45) is 7.05 Å². The van der Waals surface area contributed by atoms with Crippen molar-refractivity contribution in [1.29, 1.82) is 0 Å². The average Bonchev–Trinajstić information content (AvgIpc) is 2.62. The number of likely N-dealkylation sites (N-methyl/N-ethyl adjacent to an activating group) is 1. The molecule has 0 saturated heterocycles. The van der Waals surface area contributed by atoms with E-state index in [-0.39, 0.29) is 5.75 Å². The smallest absolute Gasteiger partial charge is 0.148 e. The van der Waals surface area contributed by atoms with Crippen LogP contribution in [-0.2, 0) is 23.4 Å². The zero-order valence-electron chi connectivity index (χ0n) is 11.3. The lowest BCUT2D eigenvalue weighted by Gasteiger charge is -2.16.